The first kappa shape index (κ1) is 37.4. The number of methoxy groups -OCH3 is 3. The van der Waals surface area contributed by atoms with Crippen LogP contribution in [-0.4, -0.2) is 52.2 Å². The number of nitrogens with one attached hydrogen (secondary N) is 1. The van der Waals surface area contributed by atoms with E-state index in [2.05, 4.69) is 5.32 Å². The van der Waals surface area contributed by atoms with Gasteiger partial charge in [-0.05, 0) is 93.2 Å². The van der Waals surface area contributed by atoms with Gasteiger partial charge in [0.15, 0.2) is 11.5 Å². The molecule has 0 heterocycles. The Bertz CT molecular complexity index is 1470. The number of rotatable bonds is 16. The van der Waals surface area contributed by atoms with Gasteiger partial charge in [0.25, 0.3) is 0 Å². The third-order valence-electron chi connectivity index (χ3n) is 8.63. The maximum Gasteiger partial charge on any atom is 0.217 e. The van der Waals surface area contributed by atoms with Gasteiger partial charge >= 0.3 is 0 Å². The zero-order valence-electron chi connectivity index (χ0n) is 29.6. The lowest BCUT2D eigenvalue weighted by atomic mass is 9.76. The van der Waals surface area contributed by atoms with Crippen LogP contribution in [0, 0.1) is 11.8 Å². The molecule has 0 bridgehead atoms. The number of carbonyl (C=O) groups is 1. The molecule has 12 nitrogen and oxygen atoms in total. The average molecular weight is 684 g/mol. The van der Waals surface area contributed by atoms with E-state index >= 15 is 0 Å². The normalized spacial score (nSPS) is 23.4. The Balaban J connectivity index is 1.74. The van der Waals surface area contributed by atoms with E-state index in [0.29, 0.717) is 42.3 Å². The summed E-state index contributed by atoms with van der Waals surface area (Å²) in [6.45, 7) is 9.17. The second-order valence-corrected chi connectivity index (χ2v) is 11.8. The highest BCUT2D eigenvalue weighted by molar-refractivity contribution is 5.84. The number of hydrogen-bond acceptors (Lipinski definition) is 11. The molecule has 12 heteroatoms. The minimum absolute atomic E-state index is 0.133. The Morgan fingerprint density at radius 1 is 0.878 bits per heavy atom. The minimum atomic E-state index is -0.609. The molecule has 1 N–H and O–H groups in total. The lowest BCUT2D eigenvalue weighted by Crippen LogP contribution is -2.54. The Morgan fingerprint density at radius 3 is 2.18 bits per heavy atom. The molecule has 1 amide bonds. The standard InChI is InChI=1S/C37H49NO11/c1-9-16-43-46-22-26-20-31(23(4)34(48-44-17-10-2)35(26)49-45-18-11-3)47-27-13-14-28-29(21-27)30(38-24(5)39)15-12-25-19-32(40-6)36(41-7)37(42-8)33(25)28/h9-11,13-14,16-19,21,23,26,30-31,34-35H,12,15,20,22H2,1-8H3,(H,38,39)/b16-9+,17-10+,18-11+/t23-,26+,30-,31-,34+,35+/m0/s1. The van der Waals surface area contributed by atoms with Crippen molar-refractivity contribution in [1.82, 2.24) is 5.32 Å². The van der Waals surface area contributed by atoms with Crippen molar-refractivity contribution in [2.75, 3.05) is 27.9 Å². The SMILES string of the molecule is C/C=C/OOC[C@H]1C[C@H](Oc2ccc3c(c2)[C@@H](NC(C)=O)CCc2cc(OC)c(OC)c(OC)c2-3)[C@H](C)[C@@H](OO/C=C/C)[C@@H]1OO/C=C/C. The van der Waals surface area contributed by atoms with Gasteiger partial charge in [-0.1, -0.05) is 13.0 Å². The van der Waals surface area contributed by atoms with Crippen LogP contribution in [0.1, 0.15) is 64.6 Å². The van der Waals surface area contributed by atoms with Crippen molar-refractivity contribution >= 4 is 5.91 Å². The summed E-state index contributed by atoms with van der Waals surface area (Å²) >= 11 is 0. The van der Waals surface area contributed by atoms with Crippen LogP contribution < -0.4 is 24.3 Å². The first-order valence-electron chi connectivity index (χ1n) is 16.5. The molecule has 1 saturated carbocycles. The van der Waals surface area contributed by atoms with Crippen LogP contribution in [0.25, 0.3) is 11.1 Å². The molecule has 4 rings (SSSR count). The van der Waals surface area contributed by atoms with E-state index in [0.717, 1.165) is 22.3 Å². The molecule has 0 aromatic heterocycles. The number of ether oxygens (including phenoxy) is 4. The Kier molecular flexibility index (Phi) is 14.1. The van der Waals surface area contributed by atoms with Crippen molar-refractivity contribution in [3.05, 3.63) is 72.4 Å². The van der Waals surface area contributed by atoms with Gasteiger partial charge in [-0.15, -0.1) is 0 Å². The van der Waals surface area contributed by atoms with Gasteiger partial charge in [0.2, 0.25) is 11.7 Å². The molecule has 268 valence electrons. The maximum atomic E-state index is 12.4. The minimum Gasteiger partial charge on any atom is -0.493 e. The summed E-state index contributed by atoms with van der Waals surface area (Å²) in [6, 6.07) is 7.59. The molecular weight excluding hydrogens is 634 g/mol. The van der Waals surface area contributed by atoms with Crippen LogP contribution in [0.4, 0.5) is 0 Å². The van der Waals surface area contributed by atoms with Crippen molar-refractivity contribution in [2.24, 2.45) is 11.8 Å². The van der Waals surface area contributed by atoms with E-state index in [-0.39, 0.29) is 36.5 Å². The topological polar surface area (TPSA) is 121 Å². The van der Waals surface area contributed by atoms with Crippen LogP contribution in [0.15, 0.2) is 61.3 Å². The van der Waals surface area contributed by atoms with Gasteiger partial charge in [0.05, 0.1) is 34.0 Å². The quantitative estimate of drug-likeness (QED) is 0.0845. The highest BCUT2D eigenvalue weighted by atomic mass is 17.2. The van der Waals surface area contributed by atoms with Crippen molar-refractivity contribution in [3.8, 4) is 34.1 Å². The number of amides is 1. The Morgan fingerprint density at radius 2 is 1.55 bits per heavy atom. The number of hydrogen-bond donors (Lipinski definition) is 1. The van der Waals surface area contributed by atoms with E-state index in [1.165, 1.54) is 25.7 Å². The molecule has 0 saturated heterocycles. The molecule has 2 aliphatic rings. The highest BCUT2D eigenvalue weighted by Gasteiger charge is 2.48. The predicted molar refractivity (Wildman–Crippen MR) is 181 cm³/mol. The molecule has 2 aromatic rings. The Hall–Kier alpha value is -4.39. The molecule has 2 aliphatic carbocycles. The van der Waals surface area contributed by atoms with Gasteiger partial charge in [-0.2, -0.15) is 14.7 Å². The number of benzene rings is 2. The first-order chi connectivity index (χ1) is 23.8. The van der Waals surface area contributed by atoms with Gasteiger partial charge in [-0.3, -0.25) is 4.79 Å². The van der Waals surface area contributed by atoms with Crippen molar-refractivity contribution in [3.63, 3.8) is 0 Å². The third-order valence-corrected chi connectivity index (χ3v) is 8.63. The summed E-state index contributed by atoms with van der Waals surface area (Å²) in [5.74, 6) is 1.63. The summed E-state index contributed by atoms with van der Waals surface area (Å²) in [5, 5.41) is 3.14. The summed E-state index contributed by atoms with van der Waals surface area (Å²) in [4.78, 5) is 45.6. The van der Waals surface area contributed by atoms with Gasteiger partial charge < -0.3 is 38.9 Å². The van der Waals surface area contributed by atoms with Crippen LogP contribution in [0.3, 0.4) is 0 Å². The number of aryl methyl sites for hydroxylation is 1. The van der Waals surface area contributed by atoms with Crippen LogP contribution in [-0.2, 0) is 40.5 Å². The van der Waals surface area contributed by atoms with Crippen molar-refractivity contribution in [2.45, 2.75) is 78.2 Å². The fraction of sp³-hybridized carbons (Fsp3) is 0.486. The second kappa shape index (κ2) is 18.4. The monoisotopic (exact) mass is 683 g/mol. The maximum absolute atomic E-state index is 12.4. The number of allylic oxidation sites excluding steroid dienone is 3. The molecule has 0 spiro atoms. The fourth-order valence-electron chi connectivity index (χ4n) is 6.40. The second-order valence-electron chi connectivity index (χ2n) is 11.8. The van der Waals surface area contributed by atoms with Gasteiger partial charge in [-0.25, -0.2) is 0 Å². The molecular formula is C37H49NO11. The van der Waals surface area contributed by atoms with E-state index in [1.807, 2.05) is 52.0 Å². The molecule has 2 aromatic carbocycles. The summed E-state index contributed by atoms with van der Waals surface area (Å²) < 4.78 is 24.0. The van der Waals surface area contributed by atoms with Crippen LogP contribution in [0.5, 0.6) is 23.0 Å². The zero-order chi connectivity index (χ0) is 35.3. The predicted octanol–water partition coefficient (Wildman–Crippen LogP) is 7.09. The van der Waals surface area contributed by atoms with Gasteiger partial charge in [0.1, 0.15) is 42.8 Å². The lowest BCUT2D eigenvalue weighted by molar-refractivity contribution is -0.390. The summed E-state index contributed by atoms with van der Waals surface area (Å²) in [7, 11) is 4.79. The zero-order valence-corrected chi connectivity index (χ0v) is 29.6. The van der Waals surface area contributed by atoms with E-state index < -0.39 is 12.2 Å². The van der Waals surface area contributed by atoms with Crippen LogP contribution >= 0.6 is 0 Å². The molecule has 0 radical (unpaired) electrons. The molecule has 6 atom stereocenters. The van der Waals surface area contributed by atoms with Crippen molar-refractivity contribution < 1.29 is 53.1 Å². The largest absolute Gasteiger partial charge is 0.493 e. The fourth-order valence-corrected chi connectivity index (χ4v) is 6.40. The molecule has 49 heavy (non-hydrogen) atoms. The van der Waals surface area contributed by atoms with E-state index in [9.17, 15) is 4.79 Å². The third kappa shape index (κ3) is 9.00. The Labute approximate surface area is 288 Å². The molecule has 0 unspecified atom stereocenters. The molecule has 1 fully saturated rings. The lowest BCUT2D eigenvalue weighted by Gasteiger charge is -2.42. The van der Waals surface area contributed by atoms with E-state index in [1.54, 1.807) is 39.6 Å². The van der Waals surface area contributed by atoms with Crippen molar-refractivity contribution in [1.29, 1.82) is 0 Å². The van der Waals surface area contributed by atoms with E-state index in [4.69, 9.17) is 48.3 Å². The first-order valence-corrected chi connectivity index (χ1v) is 16.5. The molecule has 0 aliphatic heterocycles. The smallest absolute Gasteiger partial charge is 0.217 e. The van der Waals surface area contributed by atoms with Gasteiger partial charge in [0, 0.05) is 24.3 Å². The highest BCUT2D eigenvalue weighted by Crippen LogP contribution is 2.51. The summed E-state index contributed by atoms with van der Waals surface area (Å²) in [5.41, 5.74) is 3.70. The number of fused-ring (bicyclic) bond motifs is 3. The summed E-state index contributed by atoms with van der Waals surface area (Å²) in [6.07, 6.45) is 9.81. The van der Waals surface area contributed by atoms with Crippen LogP contribution in [0.2, 0.25) is 0 Å². The average Bonchev–Trinajstić information content (AvgIpc) is 3.24. The number of carbonyl (C=O) groups excluding carboxylic acids is 1.